The van der Waals surface area contributed by atoms with Crippen molar-refractivity contribution in [1.29, 1.82) is 0 Å². The van der Waals surface area contributed by atoms with E-state index >= 15 is 0 Å². The van der Waals surface area contributed by atoms with E-state index in [2.05, 4.69) is 43.0 Å². The highest BCUT2D eigenvalue weighted by molar-refractivity contribution is 7.09. The minimum absolute atomic E-state index is 0.132. The van der Waals surface area contributed by atoms with Crippen molar-refractivity contribution in [3.63, 3.8) is 0 Å². The van der Waals surface area contributed by atoms with E-state index in [9.17, 15) is 0 Å². The van der Waals surface area contributed by atoms with Gasteiger partial charge in [-0.25, -0.2) is 4.98 Å². The second kappa shape index (κ2) is 7.67. The third-order valence-corrected chi connectivity index (χ3v) is 3.21. The Morgan fingerprint density at radius 2 is 2.28 bits per heavy atom. The predicted octanol–water partition coefficient (Wildman–Crippen LogP) is 3.51. The van der Waals surface area contributed by atoms with Gasteiger partial charge >= 0.3 is 0 Å². The molecular formula is C14H24N2OS. The summed E-state index contributed by atoms with van der Waals surface area (Å²) in [5.74, 6) is 0. The van der Waals surface area contributed by atoms with Crippen molar-refractivity contribution < 1.29 is 4.74 Å². The van der Waals surface area contributed by atoms with Gasteiger partial charge in [-0.15, -0.1) is 17.9 Å². The lowest BCUT2D eigenvalue weighted by molar-refractivity contribution is 0.117. The number of allylic oxidation sites excluding steroid dienone is 1. The van der Waals surface area contributed by atoms with Crippen molar-refractivity contribution >= 4 is 11.3 Å². The first-order valence-electron chi connectivity index (χ1n) is 6.38. The van der Waals surface area contributed by atoms with Crippen LogP contribution in [0.5, 0.6) is 0 Å². The van der Waals surface area contributed by atoms with E-state index in [4.69, 9.17) is 4.74 Å². The molecule has 1 heterocycles. The van der Waals surface area contributed by atoms with Crippen molar-refractivity contribution in [2.24, 2.45) is 0 Å². The second-order valence-electron chi connectivity index (χ2n) is 5.32. The van der Waals surface area contributed by atoms with Crippen LogP contribution in [-0.2, 0) is 17.9 Å². The van der Waals surface area contributed by atoms with Gasteiger partial charge in [0, 0.05) is 24.1 Å². The maximum atomic E-state index is 5.56. The van der Waals surface area contributed by atoms with E-state index in [1.54, 1.807) is 11.3 Å². The zero-order chi connectivity index (χ0) is 13.4. The number of unbranched alkanes of at least 4 members (excludes halogenated alkanes) is 1. The molecule has 0 aromatic carbocycles. The average Bonchev–Trinajstić information content (AvgIpc) is 2.73. The fraction of sp³-hybridized carbons (Fsp3) is 0.643. The third kappa shape index (κ3) is 6.89. The zero-order valence-corrected chi connectivity index (χ0v) is 12.5. The summed E-state index contributed by atoms with van der Waals surface area (Å²) >= 11 is 1.69. The van der Waals surface area contributed by atoms with Crippen LogP contribution in [0.3, 0.4) is 0 Å². The summed E-state index contributed by atoms with van der Waals surface area (Å²) in [5.41, 5.74) is 1.16. The molecule has 18 heavy (non-hydrogen) atoms. The van der Waals surface area contributed by atoms with E-state index in [1.165, 1.54) is 0 Å². The van der Waals surface area contributed by atoms with Crippen molar-refractivity contribution in [2.75, 3.05) is 6.61 Å². The number of ether oxygens (including phenoxy) is 1. The molecule has 0 saturated carbocycles. The predicted molar refractivity (Wildman–Crippen MR) is 77.8 cm³/mol. The van der Waals surface area contributed by atoms with E-state index in [-0.39, 0.29) is 5.54 Å². The Bertz CT molecular complexity index is 355. The van der Waals surface area contributed by atoms with Crippen LogP contribution >= 0.6 is 11.3 Å². The van der Waals surface area contributed by atoms with Crippen LogP contribution in [0.2, 0.25) is 0 Å². The minimum Gasteiger partial charge on any atom is -0.375 e. The number of nitrogens with zero attached hydrogens (tertiary/aromatic N) is 1. The minimum atomic E-state index is 0.132. The van der Waals surface area contributed by atoms with Gasteiger partial charge in [0.2, 0.25) is 0 Å². The highest BCUT2D eigenvalue weighted by atomic mass is 32.1. The normalized spacial score (nSPS) is 11.7. The Labute approximate surface area is 114 Å². The van der Waals surface area contributed by atoms with E-state index in [0.717, 1.165) is 36.7 Å². The summed E-state index contributed by atoms with van der Waals surface area (Å²) in [6, 6.07) is 0. The topological polar surface area (TPSA) is 34.1 Å². The van der Waals surface area contributed by atoms with Gasteiger partial charge in [-0.3, -0.25) is 0 Å². The van der Waals surface area contributed by atoms with Crippen LogP contribution in [0, 0.1) is 0 Å². The molecule has 0 unspecified atom stereocenters. The molecule has 0 amide bonds. The molecule has 0 aliphatic rings. The molecular weight excluding hydrogens is 244 g/mol. The smallest absolute Gasteiger partial charge is 0.107 e. The molecule has 0 atom stereocenters. The van der Waals surface area contributed by atoms with Crippen LogP contribution < -0.4 is 5.32 Å². The van der Waals surface area contributed by atoms with E-state index in [1.807, 2.05) is 6.08 Å². The van der Waals surface area contributed by atoms with E-state index < -0.39 is 0 Å². The maximum absolute atomic E-state index is 5.56. The summed E-state index contributed by atoms with van der Waals surface area (Å²) < 4.78 is 5.56. The standard InChI is InChI=1S/C14H24N2OS/c1-5-6-7-8-17-10-12-11-18-13(16-12)9-15-14(2,3)4/h5,11,15H,1,6-10H2,2-4H3. The average molecular weight is 268 g/mol. The molecule has 4 heteroatoms. The second-order valence-corrected chi connectivity index (χ2v) is 6.26. The van der Waals surface area contributed by atoms with Gasteiger partial charge in [-0.1, -0.05) is 6.08 Å². The molecule has 0 aliphatic heterocycles. The molecule has 0 aliphatic carbocycles. The molecule has 3 nitrogen and oxygen atoms in total. The molecule has 0 radical (unpaired) electrons. The molecule has 1 aromatic rings. The van der Waals surface area contributed by atoms with Crippen LogP contribution in [0.25, 0.3) is 0 Å². The summed E-state index contributed by atoms with van der Waals surface area (Å²) in [5, 5.41) is 6.63. The first-order chi connectivity index (χ1) is 8.51. The Morgan fingerprint density at radius 3 is 2.94 bits per heavy atom. The third-order valence-electron chi connectivity index (χ3n) is 2.32. The van der Waals surface area contributed by atoms with Gasteiger partial charge in [-0.05, 0) is 33.6 Å². The van der Waals surface area contributed by atoms with Gasteiger partial charge in [0.05, 0.1) is 12.3 Å². The summed E-state index contributed by atoms with van der Waals surface area (Å²) in [7, 11) is 0. The van der Waals surface area contributed by atoms with Gasteiger partial charge < -0.3 is 10.1 Å². The Morgan fingerprint density at radius 1 is 1.50 bits per heavy atom. The zero-order valence-electron chi connectivity index (χ0n) is 11.7. The number of hydrogen-bond acceptors (Lipinski definition) is 4. The molecule has 0 bridgehead atoms. The van der Waals surface area contributed by atoms with Gasteiger partial charge in [-0.2, -0.15) is 0 Å². The van der Waals surface area contributed by atoms with E-state index in [0.29, 0.717) is 6.61 Å². The maximum Gasteiger partial charge on any atom is 0.107 e. The quantitative estimate of drug-likeness (QED) is 0.578. The molecule has 1 rings (SSSR count). The Hall–Kier alpha value is -0.710. The summed E-state index contributed by atoms with van der Waals surface area (Å²) in [6.07, 6.45) is 3.96. The van der Waals surface area contributed by atoms with Crippen molar-refractivity contribution in [2.45, 2.75) is 52.3 Å². The van der Waals surface area contributed by atoms with Crippen molar-refractivity contribution in [3.05, 3.63) is 28.7 Å². The molecule has 0 saturated heterocycles. The SMILES string of the molecule is C=CCCCOCc1csc(CNC(C)(C)C)n1. The Kier molecular flexibility index (Phi) is 6.54. The van der Waals surface area contributed by atoms with Crippen molar-refractivity contribution in [1.82, 2.24) is 10.3 Å². The number of aromatic nitrogens is 1. The lowest BCUT2D eigenvalue weighted by Gasteiger charge is -2.19. The molecule has 102 valence electrons. The highest BCUT2D eigenvalue weighted by Gasteiger charge is 2.10. The van der Waals surface area contributed by atoms with Crippen LogP contribution in [0.4, 0.5) is 0 Å². The van der Waals surface area contributed by atoms with Crippen LogP contribution in [0.1, 0.15) is 44.3 Å². The fourth-order valence-corrected chi connectivity index (χ4v) is 2.06. The van der Waals surface area contributed by atoms with Gasteiger partial charge in [0.15, 0.2) is 0 Å². The summed E-state index contributed by atoms with van der Waals surface area (Å²) in [6.45, 7) is 12.4. The lowest BCUT2D eigenvalue weighted by atomic mass is 10.1. The van der Waals surface area contributed by atoms with Gasteiger partial charge in [0.25, 0.3) is 0 Å². The summed E-state index contributed by atoms with van der Waals surface area (Å²) in [4.78, 5) is 4.54. The number of thiazole rings is 1. The fourth-order valence-electron chi connectivity index (χ4n) is 1.34. The largest absolute Gasteiger partial charge is 0.375 e. The van der Waals surface area contributed by atoms with Gasteiger partial charge in [0.1, 0.15) is 5.01 Å². The van der Waals surface area contributed by atoms with Crippen LogP contribution in [-0.4, -0.2) is 17.1 Å². The lowest BCUT2D eigenvalue weighted by Crippen LogP contribution is -2.35. The number of rotatable bonds is 8. The van der Waals surface area contributed by atoms with Crippen molar-refractivity contribution in [3.8, 4) is 0 Å². The molecule has 1 aromatic heterocycles. The molecule has 0 spiro atoms. The van der Waals surface area contributed by atoms with Crippen LogP contribution in [0.15, 0.2) is 18.0 Å². The number of nitrogens with one attached hydrogen (secondary N) is 1. The Balaban J connectivity index is 2.23. The first kappa shape index (κ1) is 15.3. The monoisotopic (exact) mass is 268 g/mol. The first-order valence-corrected chi connectivity index (χ1v) is 7.26. The molecule has 0 fully saturated rings. The molecule has 1 N–H and O–H groups in total. The highest BCUT2D eigenvalue weighted by Crippen LogP contribution is 2.12. The number of hydrogen-bond donors (Lipinski definition) is 1.